The van der Waals surface area contributed by atoms with Gasteiger partial charge in [-0.05, 0) is 72.3 Å². The molecular weight excluding hydrogens is 528 g/mol. The molecule has 2 atom stereocenters. The van der Waals surface area contributed by atoms with Gasteiger partial charge in [-0.2, -0.15) is 0 Å². The van der Waals surface area contributed by atoms with E-state index < -0.39 is 12.0 Å². The molecular formula is C27H27BrN2O4S. The van der Waals surface area contributed by atoms with E-state index in [1.807, 2.05) is 55.6 Å². The van der Waals surface area contributed by atoms with Crippen molar-refractivity contribution in [2.45, 2.75) is 23.8 Å². The number of carbonyl (C=O) groups is 2. The molecule has 1 aliphatic rings. The number of nitrogens with zero attached hydrogens (tertiary/aromatic N) is 1. The number of methoxy groups -OCH3 is 2. The number of hydrogen-bond donors (Lipinski definition) is 1. The third kappa shape index (κ3) is 4.77. The molecule has 8 heteroatoms. The van der Waals surface area contributed by atoms with Gasteiger partial charge in [0.15, 0.2) is 11.5 Å². The standard InChI is InChI=1S/C27H27BrN2O4S/c1-15-12-17(28)8-11-21(15)29-26(31)24-19-13-22(33-3)23(34-4)14-20(19)27(32)30(2)25(24)16-6-9-18(35-5)10-7-16/h6-14,24-25H,1-5H3,(H,29,31)/t24-,25+/m1/s1. The highest BCUT2D eigenvalue weighted by molar-refractivity contribution is 9.10. The summed E-state index contributed by atoms with van der Waals surface area (Å²) in [5.74, 6) is -0.141. The minimum Gasteiger partial charge on any atom is -0.493 e. The Morgan fingerprint density at radius 2 is 1.69 bits per heavy atom. The molecule has 35 heavy (non-hydrogen) atoms. The summed E-state index contributed by atoms with van der Waals surface area (Å²) in [5, 5.41) is 3.10. The lowest BCUT2D eigenvalue weighted by Gasteiger charge is -2.40. The van der Waals surface area contributed by atoms with E-state index in [4.69, 9.17) is 9.47 Å². The monoisotopic (exact) mass is 554 g/mol. The third-order valence-corrected chi connectivity index (χ3v) is 7.60. The fraction of sp³-hybridized carbons (Fsp3) is 0.259. The molecule has 1 aliphatic heterocycles. The molecule has 2 amide bonds. The van der Waals surface area contributed by atoms with E-state index in [-0.39, 0.29) is 11.8 Å². The lowest BCUT2D eigenvalue weighted by molar-refractivity contribution is -0.119. The van der Waals surface area contributed by atoms with Crippen LogP contribution in [0.15, 0.2) is 64.0 Å². The van der Waals surface area contributed by atoms with E-state index in [0.717, 1.165) is 26.2 Å². The van der Waals surface area contributed by atoms with Crippen LogP contribution in [0.5, 0.6) is 11.5 Å². The minimum absolute atomic E-state index is 0.177. The largest absolute Gasteiger partial charge is 0.493 e. The summed E-state index contributed by atoms with van der Waals surface area (Å²) < 4.78 is 11.9. The Morgan fingerprint density at radius 3 is 2.29 bits per heavy atom. The first-order chi connectivity index (χ1) is 16.8. The second kappa shape index (κ2) is 10.3. The third-order valence-electron chi connectivity index (χ3n) is 6.36. The zero-order valence-corrected chi connectivity index (χ0v) is 22.6. The summed E-state index contributed by atoms with van der Waals surface area (Å²) in [6.07, 6.45) is 2.01. The van der Waals surface area contributed by atoms with Gasteiger partial charge in [-0.15, -0.1) is 11.8 Å². The Labute approximate surface area is 218 Å². The van der Waals surface area contributed by atoms with Crippen LogP contribution in [0.1, 0.15) is 39.0 Å². The summed E-state index contributed by atoms with van der Waals surface area (Å²) in [5.41, 5.74) is 3.57. The van der Waals surface area contributed by atoms with E-state index >= 15 is 0 Å². The molecule has 0 spiro atoms. The van der Waals surface area contributed by atoms with Gasteiger partial charge in [-0.1, -0.05) is 28.1 Å². The van der Waals surface area contributed by atoms with Crippen LogP contribution < -0.4 is 14.8 Å². The number of hydrogen-bond acceptors (Lipinski definition) is 5. The van der Waals surface area contributed by atoms with Crippen LogP contribution in [0.4, 0.5) is 5.69 Å². The molecule has 0 fully saturated rings. The Bertz CT molecular complexity index is 1280. The SMILES string of the molecule is COc1cc2c(cc1OC)[C@@H](C(=O)Nc1ccc(Br)cc1C)[C@H](c1ccc(SC)cc1)N(C)C2=O. The number of thioether (sulfide) groups is 1. The van der Waals surface area contributed by atoms with Gasteiger partial charge in [0.25, 0.3) is 5.91 Å². The summed E-state index contributed by atoms with van der Waals surface area (Å²) >= 11 is 5.11. The number of fused-ring (bicyclic) bond motifs is 1. The summed E-state index contributed by atoms with van der Waals surface area (Å²) in [7, 11) is 4.80. The second-order valence-electron chi connectivity index (χ2n) is 8.35. The van der Waals surface area contributed by atoms with Crippen molar-refractivity contribution in [1.29, 1.82) is 0 Å². The highest BCUT2D eigenvalue weighted by Crippen LogP contribution is 2.46. The van der Waals surface area contributed by atoms with Crippen molar-refractivity contribution < 1.29 is 19.1 Å². The van der Waals surface area contributed by atoms with Crippen molar-refractivity contribution in [3.8, 4) is 11.5 Å². The quantitative estimate of drug-likeness (QED) is 0.376. The highest BCUT2D eigenvalue weighted by atomic mass is 79.9. The number of anilines is 1. The zero-order chi connectivity index (χ0) is 25.3. The summed E-state index contributed by atoms with van der Waals surface area (Å²) in [4.78, 5) is 30.2. The van der Waals surface area contributed by atoms with Gasteiger partial charge in [-0.25, -0.2) is 0 Å². The smallest absolute Gasteiger partial charge is 0.254 e. The predicted molar refractivity (Wildman–Crippen MR) is 143 cm³/mol. The molecule has 0 aliphatic carbocycles. The van der Waals surface area contributed by atoms with Crippen molar-refractivity contribution in [2.24, 2.45) is 0 Å². The molecule has 3 aromatic rings. The molecule has 0 radical (unpaired) electrons. The van der Waals surface area contributed by atoms with Crippen LogP contribution in [0.25, 0.3) is 0 Å². The Hall–Kier alpha value is -2.97. The fourth-order valence-electron chi connectivity index (χ4n) is 4.53. The van der Waals surface area contributed by atoms with E-state index in [9.17, 15) is 9.59 Å². The number of likely N-dealkylation sites (N-methyl/N-ethyl adjacent to an activating group) is 1. The fourth-order valence-corrected chi connectivity index (χ4v) is 5.41. The van der Waals surface area contributed by atoms with Gasteiger partial charge in [0.05, 0.1) is 26.2 Å². The maximum atomic E-state index is 13.9. The molecule has 1 heterocycles. The lowest BCUT2D eigenvalue weighted by Crippen LogP contribution is -2.44. The van der Waals surface area contributed by atoms with Crippen LogP contribution in [0, 0.1) is 6.92 Å². The van der Waals surface area contributed by atoms with Crippen molar-refractivity contribution in [2.75, 3.05) is 32.8 Å². The van der Waals surface area contributed by atoms with E-state index in [0.29, 0.717) is 22.6 Å². The number of ether oxygens (including phenoxy) is 2. The van der Waals surface area contributed by atoms with Crippen molar-refractivity contribution in [3.63, 3.8) is 0 Å². The van der Waals surface area contributed by atoms with E-state index in [1.165, 1.54) is 7.11 Å². The maximum absolute atomic E-state index is 13.9. The van der Waals surface area contributed by atoms with Crippen LogP contribution in [-0.4, -0.2) is 44.2 Å². The molecule has 0 saturated heterocycles. The number of benzene rings is 3. The number of amides is 2. The van der Waals surface area contributed by atoms with Crippen LogP contribution >= 0.6 is 27.7 Å². The number of carbonyl (C=O) groups excluding carboxylic acids is 2. The first-order valence-electron chi connectivity index (χ1n) is 11.0. The zero-order valence-electron chi connectivity index (χ0n) is 20.2. The Balaban J connectivity index is 1.87. The first kappa shape index (κ1) is 25.1. The van der Waals surface area contributed by atoms with Crippen LogP contribution in [0.3, 0.4) is 0 Å². The lowest BCUT2D eigenvalue weighted by atomic mass is 9.79. The van der Waals surface area contributed by atoms with Crippen LogP contribution in [-0.2, 0) is 4.79 Å². The molecule has 0 bridgehead atoms. The van der Waals surface area contributed by atoms with Crippen LogP contribution in [0.2, 0.25) is 0 Å². The van der Waals surface area contributed by atoms with Gasteiger partial charge in [0, 0.05) is 27.7 Å². The van der Waals surface area contributed by atoms with E-state index in [1.54, 1.807) is 43.0 Å². The molecule has 0 saturated carbocycles. The molecule has 3 aromatic carbocycles. The molecule has 0 unspecified atom stereocenters. The van der Waals surface area contributed by atoms with E-state index in [2.05, 4.69) is 21.2 Å². The average molecular weight is 555 g/mol. The number of rotatable bonds is 6. The number of nitrogens with one attached hydrogen (secondary N) is 1. The minimum atomic E-state index is -0.671. The topological polar surface area (TPSA) is 67.9 Å². The van der Waals surface area contributed by atoms with Gasteiger partial charge in [0.2, 0.25) is 5.91 Å². The Morgan fingerprint density at radius 1 is 1.03 bits per heavy atom. The second-order valence-corrected chi connectivity index (χ2v) is 10.1. The average Bonchev–Trinajstić information content (AvgIpc) is 2.86. The maximum Gasteiger partial charge on any atom is 0.254 e. The molecule has 4 rings (SSSR count). The van der Waals surface area contributed by atoms with Gasteiger partial charge in [0.1, 0.15) is 0 Å². The van der Waals surface area contributed by atoms with Crippen molar-refractivity contribution in [1.82, 2.24) is 4.90 Å². The molecule has 182 valence electrons. The molecule has 1 N–H and O–H groups in total. The number of aryl methyl sites for hydroxylation is 1. The molecule has 6 nitrogen and oxygen atoms in total. The first-order valence-corrected chi connectivity index (χ1v) is 13.0. The summed E-state index contributed by atoms with van der Waals surface area (Å²) in [6.45, 7) is 1.94. The van der Waals surface area contributed by atoms with Gasteiger partial charge < -0.3 is 19.7 Å². The van der Waals surface area contributed by atoms with Gasteiger partial charge >= 0.3 is 0 Å². The highest BCUT2D eigenvalue weighted by Gasteiger charge is 2.43. The predicted octanol–water partition coefficient (Wildman–Crippen LogP) is 6.05. The normalized spacial score (nSPS) is 17.1. The van der Waals surface area contributed by atoms with Crippen molar-refractivity contribution >= 4 is 45.2 Å². The Kier molecular flexibility index (Phi) is 7.42. The summed E-state index contributed by atoms with van der Waals surface area (Å²) in [6, 6.07) is 16.6. The molecule has 0 aromatic heterocycles. The number of halogens is 1. The van der Waals surface area contributed by atoms with Crippen molar-refractivity contribution in [3.05, 3.63) is 81.3 Å². The van der Waals surface area contributed by atoms with Gasteiger partial charge in [-0.3, -0.25) is 9.59 Å².